The number of halogens is 2. The van der Waals surface area contributed by atoms with Gasteiger partial charge in [-0.3, -0.25) is 0 Å². The molecular formula is C8H11ClFN3. The fourth-order valence-corrected chi connectivity index (χ4v) is 0.896. The normalized spacial score (nSPS) is 12.6. The van der Waals surface area contributed by atoms with Crippen molar-refractivity contribution >= 4 is 17.4 Å². The smallest absolute Gasteiger partial charge is 0.186 e. The van der Waals surface area contributed by atoms with E-state index in [0.29, 0.717) is 12.2 Å². The first kappa shape index (κ1) is 10.2. The third kappa shape index (κ3) is 2.81. The average Bonchev–Trinajstić information content (AvgIpc) is 2.07. The van der Waals surface area contributed by atoms with Crippen LogP contribution < -0.4 is 5.32 Å². The summed E-state index contributed by atoms with van der Waals surface area (Å²) in [5.41, 5.74) is 0.333. The first-order chi connectivity index (χ1) is 6.11. The summed E-state index contributed by atoms with van der Waals surface area (Å²) in [5, 5.41) is 2.73. The van der Waals surface area contributed by atoms with Gasteiger partial charge in [0, 0.05) is 11.9 Å². The van der Waals surface area contributed by atoms with Crippen LogP contribution in [-0.2, 0) is 0 Å². The zero-order valence-corrected chi connectivity index (χ0v) is 8.27. The molecule has 1 aromatic heterocycles. The summed E-state index contributed by atoms with van der Waals surface area (Å²) in [4.78, 5) is 7.46. The van der Waals surface area contributed by atoms with E-state index in [9.17, 15) is 4.39 Å². The van der Waals surface area contributed by atoms with E-state index in [4.69, 9.17) is 11.6 Å². The Labute approximate surface area is 81.3 Å². The molecule has 0 fully saturated rings. The van der Waals surface area contributed by atoms with Crippen LogP contribution in [0.25, 0.3) is 0 Å². The molecule has 5 heteroatoms. The highest BCUT2D eigenvalue weighted by atomic mass is 35.5. The van der Waals surface area contributed by atoms with Crippen LogP contribution in [0.15, 0.2) is 6.33 Å². The van der Waals surface area contributed by atoms with Crippen molar-refractivity contribution in [1.29, 1.82) is 0 Å². The lowest BCUT2D eigenvalue weighted by atomic mass is 10.4. The monoisotopic (exact) mass is 203 g/mol. The van der Waals surface area contributed by atoms with Gasteiger partial charge in [-0.25, -0.2) is 14.4 Å². The molecule has 1 aromatic rings. The Morgan fingerprint density at radius 3 is 2.92 bits per heavy atom. The SMILES string of the molecule is Cc1ncnc(NCC(C)Cl)c1F. The molecule has 0 aliphatic heterocycles. The third-order valence-electron chi connectivity index (χ3n) is 1.51. The number of anilines is 1. The van der Waals surface area contributed by atoms with Gasteiger partial charge in [-0.2, -0.15) is 0 Å². The van der Waals surface area contributed by atoms with Crippen molar-refractivity contribution in [2.24, 2.45) is 0 Å². The van der Waals surface area contributed by atoms with Crippen LogP contribution in [0.1, 0.15) is 12.6 Å². The van der Waals surface area contributed by atoms with E-state index in [1.54, 1.807) is 6.92 Å². The second kappa shape index (κ2) is 4.37. The zero-order valence-electron chi connectivity index (χ0n) is 7.51. The molecule has 1 atom stereocenters. The largest absolute Gasteiger partial charge is 0.366 e. The molecule has 1 heterocycles. The van der Waals surface area contributed by atoms with Crippen molar-refractivity contribution in [3.05, 3.63) is 17.8 Å². The van der Waals surface area contributed by atoms with Gasteiger partial charge in [-0.05, 0) is 13.8 Å². The van der Waals surface area contributed by atoms with Gasteiger partial charge in [-0.15, -0.1) is 11.6 Å². The summed E-state index contributed by atoms with van der Waals surface area (Å²) < 4.78 is 13.2. The Kier molecular flexibility index (Phi) is 3.42. The molecule has 3 nitrogen and oxygen atoms in total. The molecule has 1 N–H and O–H groups in total. The number of hydrogen-bond donors (Lipinski definition) is 1. The van der Waals surface area contributed by atoms with Crippen LogP contribution in [-0.4, -0.2) is 21.9 Å². The molecule has 0 amide bonds. The first-order valence-electron chi connectivity index (χ1n) is 3.96. The van der Waals surface area contributed by atoms with Gasteiger partial charge in [-0.1, -0.05) is 0 Å². The molecule has 0 radical (unpaired) electrons. The Morgan fingerprint density at radius 2 is 2.31 bits per heavy atom. The summed E-state index contributed by atoms with van der Waals surface area (Å²) in [6.45, 7) is 3.89. The molecule has 0 saturated carbocycles. The fraction of sp³-hybridized carbons (Fsp3) is 0.500. The lowest BCUT2D eigenvalue weighted by Crippen LogP contribution is -2.13. The Morgan fingerprint density at radius 1 is 1.62 bits per heavy atom. The molecule has 0 aliphatic rings. The molecule has 0 saturated heterocycles. The molecule has 0 spiro atoms. The van der Waals surface area contributed by atoms with Crippen molar-refractivity contribution in [3.8, 4) is 0 Å². The summed E-state index contributed by atoms with van der Waals surface area (Å²) in [7, 11) is 0. The number of nitrogens with one attached hydrogen (secondary N) is 1. The van der Waals surface area contributed by atoms with Crippen molar-refractivity contribution in [3.63, 3.8) is 0 Å². The maximum absolute atomic E-state index is 13.2. The maximum Gasteiger partial charge on any atom is 0.186 e. The minimum atomic E-state index is -0.417. The number of aryl methyl sites for hydroxylation is 1. The van der Waals surface area contributed by atoms with E-state index >= 15 is 0 Å². The van der Waals surface area contributed by atoms with Crippen LogP contribution >= 0.6 is 11.6 Å². The summed E-state index contributed by atoms with van der Waals surface area (Å²) in [6.07, 6.45) is 1.32. The van der Waals surface area contributed by atoms with Gasteiger partial charge in [0.05, 0.1) is 5.69 Å². The summed E-state index contributed by atoms with van der Waals surface area (Å²) in [5.74, 6) is -0.209. The average molecular weight is 204 g/mol. The van der Waals surface area contributed by atoms with Gasteiger partial charge >= 0.3 is 0 Å². The van der Waals surface area contributed by atoms with Crippen LogP contribution in [0.2, 0.25) is 0 Å². The molecule has 1 unspecified atom stereocenters. The Hall–Kier alpha value is -0.900. The molecule has 1 rings (SSSR count). The lowest BCUT2D eigenvalue weighted by molar-refractivity contribution is 0.604. The van der Waals surface area contributed by atoms with E-state index in [2.05, 4.69) is 15.3 Å². The van der Waals surface area contributed by atoms with E-state index in [0.717, 1.165) is 0 Å². The lowest BCUT2D eigenvalue weighted by Gasteiger charge is -2.07. The highest BCUT2D eigenvalue weighted by molar-refractivity contribution is 6.20. The minimum absolute atomic E-state index is 0.0605. The first-order valence-corrected chi connectivity index (χ1v) is 4.40. The van der Waals surface area contributed by atoms with E-state index in [1.807, 2.05) is 6.92 Å². The predicted molar refractivity (Wildman–Crippen MR) is 50.5 cm³/mol. The van der Waals surface area contributed by atoms with E-state index < -0.39 is 5.82 Å². The molecule has 72 valence electrons. The highest BCUT2D eigenvalue weighted by Gasteiger charge is 2.07. The molecule has 13 heavy (non-hydrogen) atoms. The van der Waals surface area contributed by atoms with Crippen molar-refractivity contribution in [1.82, 2.24) is 9.97 Å². The number of hydrogen-bond acceptors (Lipinski definition) is 3. The second-order valence-electron chi connectivity index (χ2n) is 2.78. The molecule has 0 aliphatic carbocycles. The van der Waals surface area contributed by atoms with Crippen LogP contribution in [0.4, 0.5) is 10.2 Å². The molecular weight excluding hydrogens is 193 g/mol. The number of alkyl halides is 1. The third-order valence-corrected chi connectivity index (χ3v) is 1.67. The van der Waals surface area contributed by atoms with E-state index in [1.165, 1.54) is 6.33 Å². The Bertz CT molecular complexity index is 291. The van der Waals surface area contributed by atoms with Crippen molar-refractivity contribution < 1.29 is 4.39 Å². The number of nitrogens with zero attached hydrogens (tertiary/aromatic N) is 2. The quantitative estimate of drug-likeness (QED) is 0.764. The Balaban J connectivity index is 2.71. The highest BCUT2D eigenvalue weighted by Crippen LogP contribution is 2.11. The topological polar surface area (TPSA) is 37.8 Å². The zero-order chi connectivity index (χ0) is 9.84. The van der Waals surface area contributed by atoms with Crippen molar-refractivity contribution in [2.75, 3.05) is 11.9 Å². The van der Waals surface area contributed by atoms with Gasteiger partial charge < -0.3 is 5.32 Å². The van der Waals surface area contributed by atoms with Crippen LogP contribution in [0.3, 0.4) is 0 Å². The van der Waals surface area contributed by atoms with E-state index in [-0.39, 0.29) is 11.2 Å². The minimum Gasteiger partial charge on any atom is -0.366 e. The maximum atomic E-state index is 13.2. The predicted octanol–water partition coefficient (Wildman–Crippen LogP) is 1.96. The van der Waals surface area contributed by atoms with Gasteiger partial charge in [0.25, 0.3) is 0 Å². The summed E-state index contributed by atoms with van der Waals surface area (Å²) in [6, 6.07) is 0. The standard InChI is InChI=1S/C8H11ClFN3/c1-5(9)3-11-8-7(10)6(2)12-4-13-8/h4-5H,3H2,1-2H3,(H,11,12,13). The molecule has 0 bridgehead atoms. The van der Waals surface area contributed by atoms with Gasteiger partial charge in [0.15, 0.2) is 11.6 Å². The fourth-order valence-electron chi connectivity index (χ4n) is 0.818. The number of aromatic nitrogens is 2. The van der Waals surface area contributed by atoms with Crippen LogP contribution in [0.5, 0.6) is 0 Å². The van der Waals surface area contributed by atoms with Gasteiger partial charge in [0.2, 0.25) is 0 Å². The van der Waals surface area contributed by atoms with Crippen molar-refractivity contribution in [2.45, 2.75) is 19.2 Å². The molecule has 0 aromatic carbocycles. The second-order valence-corrected chi connectivity index (χ2v) is 3.53. The summed E-state index contributed by atoms with van der Waals surface area (Å²) >= 11 is 5.69. The van der Waals surface area contributed by atoms with Gasteiger partial charge in [0.1, 0.15) is 6.33 Å². The number of rotatable bonds is 3. The van der Waals surface area contributed by atoms with Crippen LogP contribution in [0, 0.1) is 12.7 Å².